The Balaban J connectivity index is 2.24. The summed E-state index contributed by atoms with van der Waals surface area (Å²) in [5, 5.41) is 45.8. The maximum absolute atomic E-state index is 9.74. The molecule has 4 N–H and O–H groups in total. The number of nitrogens with zero attached hydrogens (tertiary/aromatic N) is 2. The van der Waals surface area contributed by atoms with Crippen molar-refractivity contribution in [3.05, 3.63) is 46.5 Å². The Kier molecular flexibility index (Phi) is 4.31. The third-order valence-corrected chi connectivity index (χ3v) is 3.14. The van der Waals surface area contributed by atoms with E-state index in [4.69, 9.17) is 0 Å². The average molecular weight is 300 g/mol. The van der Waals surface area contributed by atoms with Crippen LogP contribution in [0.2, 0.25) is 0 Å². The van der Waals surface area contributed by atoms with Crippen LogP contribution in [0.4, 0.5) is 0 Å². The van der Waals surface area contributed by atoms with Gasteiger partial charge in [0.2, 0.25) is 0 Å². The van der Waals surface area contributed by atoms with E-state index in [1.807, 2.05) is 0 Å². The lowest BCUT2D eigenvalue weighted by atomic mass is 10.1. The lowest BCUT2D eigenvalue weighted by Crippen LogP contribution is -1.89. The third-order valence-electron chi connectivity index (χ3n) is 3.14. The summed E-state index contributed by atoms with van der Waals surface area (Å²) in [6.45, 7) is 3.45. The van der Waals surface area contributed by atoms with Crippen molar-refractivity contribution in [1.29, 1.82) is 0 Å². The molecule has 0 aromatic heterocycles. The molecule has 0 saturated carbocycles. The summed E-state index contributed by atoms with van der Waals surface area (Å²) >= 11 is 0. The van der Waals surface area contributed by atoms with E-state index in [-0.39, 0.29) is 23.0 Å². The molecular weight excluding hydrogens is 284 g/mol. The Morgan fingerprint density at radius 1 is 0.682 bits per heavy atom. The zero-order chi connectivity index (χ0) is 16.3. The Hall–Kier alpha value is -3.02. The molecule has 6 nitrogen and oxygen atoms in total. The largest absolute Gasteiger partial charge is 0.508 e. The van der Waals surface area contributed by atoms with Crippen LogP contribution in [0, 0.1) is 13.8 Å². The van der Waals surface area contributed by atoms with Crippen LogP contribution in [0.15, 0.2) is 34.5 Å². The van der Waals surface area contributed by atoms with Crippen LogP contribution in [0.25, 0.3) is 0 Å². The van der Waals surface area contributed by atoms with Crippen molar-refractivity contribution in [2.45, 2.75) is 13.8 Å². The number of hydrogen-bond donors (Lipinski definition) is 4. The minimum Gasteiger partial charge on any atom is -0.508 e. The second kappa shape index (κ2) is 6.17. The number of phenolic OH excluding ortho intramolecular Hbond substituents is 4. The molecule has 0 aliphatic rings. The highest BCUT2D eigenvalue weighted by molar-refractivity contribution is 5.88. The highest BCUT2D eigenvalue weighted by Gasteiger charge is 2.06. The summed E-state index contributed by atoms with van der Waals surface area (Å²) in [5.41, 5.74) is 2.20. The second-order valence-corrected chi connectivity index (χ2v) is 4.88. The van der Waals surface area contributed by atoms with E-state index < -0.39 is 0 Å². The normalized spacial score (nSPS) is 11.5. The Labute approximate surface area is 127 Å². The van der Waals surface area contributed by atoms with Gasteiger partial charge in [-0.25, -0.2) is 0 Å². The van der Waals surface area contributed by atoms with Gasteiger partial charge in [-0.1, -0.05) is 0 Å². The third kappa shape index (κ3) is 3.35. The van der Waals surface area contributed by atoms with Crippen molar-refractivity contribution in [3.63, 3.8) is 0 Å². The van der Waals surface area contributed by atoms with Gasteiger partial charge in [-0.05, 0) is 37.1 Å². The van der Waals surface area contributed by atoms with Gasteiger partial charge in [-0.15, -0.1) is 0 Å². The molecule has 6 heteroatoms. The van der Waals surface area contributed by atoms with Gasteiger partial charge >= 0.3 is 0 Å². The van der Waals surface area contributed by atoms with E-state index in [9.17, 15) is 20.4 Å². The molecule has 114 valence electrons. The van der Waals surface area contributed by atoms with Gasteiger partial charge in [0.15, 0.2) is 0 Å². The molecule has 2 rings (SSSR count). The number of rotatable bonds is 3. The monoisotopic (exact) mass is 300 g/mol. The van der Waals surface area contributed by atoms with Gasteiger partial charge in [-0.3, -0.25) is 0 Å². The predicted molar refractivity (Wildman–Crippen MR) is 84.2 cm³/mol. The average Bonchev–Trinajstić information content (AvgIpc) is 2.38. The number of aryl methyl sites for hydroxylation is 2. The van der Waals surface area contributed by atoms with E-state index in [2.05, 4.69) is 10.2 Å². The fourth-order valence-corrected chi connectivity index (χ4v) is 2.04. The van der Waals surface area contributed by atoms with Gasteiger partial charge in [0.05, 0.1) is 12.4 Å². The number of hydrogen-bond acceptors (Lipinski definition) is 6. The molecule has 0 amide bonds. The number of aromatic hydroxyl groups is 4. The second-order valence-electron chi connectivity index (χ2n) is 4.88. The first-order valence-corrected chi connectivity index (χ1v) is 6.50. The van der Waals surface area contributed by atoms with Crippen LogP contribution in [0.1, 0.15) is 22.3 Å². The molecule has 22 heavy (non-hydrogen) atoms. The molecule has 0 saturated heterocycles. The van der Waals surface area contributed by atoms with Crippen molar-refractivity contribution >= 4 is 12.4 Å². The first-order chi connectivity index (χ1) is 10.4. The highest BCUT2D eigenvalue weighted by atomic mass is 16.3. The zero-order valence-electron chi connectivity index (χ0n) is 12.1. The molecule has 2 aromatic carbocycles. The smallest absolute Gasteiger partial charge is 0.128 e. The van der Waals surface area contributed by atoms with Crippen LogP contribution in [0.3, 0.4) is 0 Å². The highest BCUT2D eigenvalue weighted by Crippen LogP contribution is 2.26. The van der Waals surface area contributed by atoms with Crippen LogP contribution in [-0.2, 0) is 0 Å². The van der Waals surface area contributed by atoms with Crippen molar-refractivity contribution in [2.24, 2.45) is 10.2 Å². The van der Waals surface area contributed by atoms with Crippen molar-refractivity contribution in [1.82, 2.24) is 0 Å². The zero-order valence-corrected chi connectivity index (χ0v) is 12.1. The Morgan fingerprint density at radius 3 is 1.36 bits per heavy atom. The minimum absolute atomic E-state index is 0.0275. The van der Waals surface area contributed by atoms with Crippen LogP contribution < -0.4 is 0 Å². The standard InChI is InChI=1S/C16H16N2O4/c1-9-3-11(19)5-15(21)13(9)7-17-18-8-14-10(2)4-12(20)6-16(14)22/h3-8,19-22H,1-2H3/b17-7+,18-8+. The molecule has 0 aliphatic heterocycles. The molecule has 0 unspecified atom stereocenters. The Morgan fingerprint density at radius 2 is 1.05 bits per heavy atom. The van der Waals surface area contributed by atoms with Gasteiger partial charge in [0, 0.05) is 23.3 Å². The number of benzene rings is 2. The van der Waals surface area contributed by atoms with E-state index in [0.29, 0.717) is 22.3 Å². The van der Waals surface area contributed by atoms with E-state index in [0.717, 1.165) is 0 Å². The lowest BCUT2D eigenvalue weighted by molar-refractivity contribution is 0.448. The molecule has 0 atom stereocenters. The van der Waals surface area contributed by atoms with Crippen molar-refractivity contribution < 1.29 is 20.4 Å². The molecule has 2 aromatic rings. The molecule has 0 aliphatic carbocycles. The van der Waals surface area contributed by atoms with Crippen LogP contribution in [-0.4, -0.2) is 32.9 Å². The molecule has 0 spiro atoms. The predicted octanol–water partition coefficient (Wildman–Crippen LogP) is 2.58. The summed E-state index contributed by atoms with van der Waals surface area (Å²) in [7, 11) is 0. The van der Waals surface area contributed by atoms with Gasteiger partial charge in [0.25, 0.3) is 0 Å². The van der Waals surface area contributed by atoms with Crippen LogP contribution in [0.5, 0.6) is 23.0 Å². The molecular formula is C16H16N2O4. The fraction of sp³-hybridized carbons (Fsp3) is 0.125. The summed E-state index contributed by atoms with van der Waals surface area (Å²) < 4.78 is 0. The number of phenols is 4. The van der Waals surface area contributed by atoms with E-state index in [1.165, 1.54) is 36.7 Å². The SMILES string of the molecule is Cc1cc(O)cc(O)c1/C=N/N=C/c1c(C)cc(O)cc1O. The summed E-state index contributed by atoms with van der Waals surface area (Å²) in [6, 6.07) is 5.43. The van der Waals surface area contributed by atoms with Gasteiger partial charge in [-0.2, -0.15) is 10.2 Å². The minimum atomic E-state index is -0.0971. The topological polar surface area (TPSA) is 106 Å². The molecule has 0 fully saturated rings. The summed E-state index contributed by atoms with van der Waals surface area (Å²) in [5.74, 6) is -0.249. The first-order valence-electron chi connectivity index (χ1n) is 6.50. The van der Waals surface area contributed by atoms with Crippen LogP contribution >= 0.6 is 0 Å². The molecule has 0 heterocycles. The maximum Gasteiger partial charge on any atom is 0.128 e. The first kappa shape index (κ1) is 15.4. The lowest BCUT2D eigenvalue weighted by Gasteiger charge is -2.04. The Bertz CT molecular complexity index is 655. The van der Waals surface area contributed by atoms with E-state index in [1.54, 1.807) is 13.8 Å². The van der Waals surface area contributed by atoms with Gasteiger partial charge < -0.3 is 20.4 Å². The van der Waals surface area contributed by atoms with Gasteiger partial charge in [0.1, 0.15) is 23.0 Å². The summed E-state index contributed by atoms with van der Waals surface area (Å²) in [6.07, 6.45) is 2.71. The summed E-state index contributed by atoms with van der Waals surface area (Å²) in [4.78, 5) is 0. The molecule has 0 radical (unpaired) electrons. The quantitative estimate of drug-likeness (QED) is 0.516. The fourth-order valence-electron chi connectivity index (χ4n) is 2.04. The van der Waals surface area contributed by atoms with Crippen molar-refractivity contribution in [2.75, 3.05) is 0 Å². The van der Waals surface area contributed by atoms with E-state index >= 15 is 0 Å². The molecule has 0 bridgehead atoms. The van der Waals surface area contributed by atoms with Crippen molar-refractivity contribution in [3.8, 4) is 23.0 Å². The maximum atomic E-state index is 9.74.